The molecule has 2 aliphatic rings. The molecule has 2 aromatic carbocycles. The molecule has 154 valence electrons. The lowest BCUT2D eigenvalue weighted by atomic mass is 10.0. The second kappa shape index (κ2) is 9.18. The first-order valence-corrected chi connectivity index (χ1v) is 10.4. The summed E-state index contributed by atoms with van der Waals surface area (Å²) in [7, 11) is 0. The van der Waals surface area contributed by atoms with Crippen molar-refractivity contribution in [1.29, 1.82) is 0 Å². The summed E-state index contributed by atoms with van der Waals surface area (Å²) in [6, 6.07) is 13.9. The number of amides is 1. The average Bonchev–Trinajstić information content (AvgIpc) is 3.04. The molecule has 6 nitrogen and oxygen atoms in total. The second-order valence-corrected chi connectivity index (χ2v) is 7.39. The standard InChI is InChI=1S/C23H28N2O4/c1-2-27-19-9-7-18(8-10-19)24-23(26)16-25-12-3-5-20(25)17-6-11-21-22(15-17)29-14-4-13-28-21/h6-11,15,20H,2-5,12-14,16H2,1H3,(H,24,26)/t20-/m0/s1. The van der Waals surface area contributed by atoms with Gasteiger partial charge < -0.3 is 19.5 Å². The quantitative estimate of drug-likeness (QED) is 0.799. The van der Waals surface area contributed by atoms with Crippen LogP contribution in [0.1, 0.15) is 37.8 Å². The van der Waals surface area contributed by atoms with Gasteiger partial charge in [-0.15, -0.1) is 0 Å². The summed E-state index contributed by atoms with van der Waals surface area (Å²) in [6.45, 7) is 5.22. The van der Waals surface area contributed by atoms with E-state index in [1.54, 1.807) is 0 Å². The van der Waals surface area contributed by atoms with Gasteiger partial charge in [-0.1, -0.05) is 6.07 Å². The number of rotatable bonds is 6. The van der Waals surface area contributed by atoms with Crippen molar-refractivity contribution >= 4 is 11.6 Å². The van der Waals surface area contributed by atoms with Crippen molar-refractivity contribution in [3.63, 3.8) is 0 Å². The number of hydrogen-bond acceptors (Lipinski definition) is 5. The van der Waals surface area contributed by atoms with Gasteiger partial charge in [-0.25, -0.2) is 0 Å². The van der Waals surface area contributed by atoms with Crippen LogP contribution in [0, 0.1) is 0 Å². The van der Waals surface area contributed by atoms with Gasteiger partial charge in [0.1, 0.15) is 5.75 Å². The molecule has 0 bridgehead atoms. The number of hydrogen-bond donors (Lipinski definition) is 1. The zero-order chi connectivity index (χ0) is 20.1. The molecule has 1 atom stereocenters. The minimum atomic E-state index is -0.00426. The molecule has 0 aliphatic carbocycles. The minimum absolute atomic E-state index is 0.00426. The number of fused-ring (bicyclic) bond motifs is 1. The van der Waals surface area contributed by atoms with Crippen LogP contribution in [0.4, 0.5) is 5.69 Å². The Morgan fingerprint density at radius 3 is 2.69 bits per heavy atom. The fourth-order valence-corrected chi connectivity index (χ4v) is 3.97. The van der Waals surface area contributed by atoms with E-state index in [0.717, 1.165) is 48.7 Å². The van der Waals surface area contributed by atoms with Crippen molar-refractivity contribution in [1.82, 2.24) is 4.90 Å². The molecule has 29 heavy (non-hydrogen) atoms. The predicted molar refractivity (Wildman–Crippen MR) is 112 cm³/mol. The van der Waals surface area contributed by atoms with Gasteiger partial charge in [0.25, 0.3) is 0 Å². The van der Waals surface area contributed by atoms with E-state index in [1.165, 1.54) is 5.56 Å². The van der Waals surface area contributed by atoms with E-state index in [2.05, 4.69) is 22.3 Å². The van der Waals surface area contributed by atoms with E-state index in [9.17, 15) is 4.79 Å². The maximum atomic E-state index is 12.6. The van der Waals surface area contributed by atoms with Gasteiger partial charge in [0.05, 0.1) is 26.4 Å². The molecule has 2 aliphatic heterocycles. The Balaban J connectivity index is 1.39. The number of ether oxygens (including phenoxy) is 3. The Kier molecular flexibility index (Phi) is 6.20. The summed E-state index contributed by atoms with van der Waals surface area (Å²) in [5.41, 5.74) is 1.96. The number of carbonyl (C=O) groups is 1. The van der Waals surface area contributed by atoms with Crippen LogP contribution < -0.4 is 19.5 Å². The molecule has 2 heterocycles. The Morgan fingerprint density at radius 2 is 1.90 bits per heavy atom. The second-order valence-electron chi connectivity index (χ2n) is 7.39. The van der Waals surface area contributed by atoms with Crippen molar-refractivity contribution < 1.29 is 19.0 Å². The summed E-state index contributed by atoms with van der Waals surface area (Å²) in [5.74, 6) is 2.42. The summed E-state index contributed by atoms with van der Waals surface area (Å²) >= 11 is 0. The zero-order valence-electron chi connectivity index (χ0n) is 16.9. The van der Waals surface area contributed by atoms with Crippen LogP contribution in [-0.2, 0) is 4.79 Å². The lowest BCUT2D eigenvalue weighted by molar-refractivity contribution is -0.117. The lowest BCUT2D eigenvalue weighted by Crippen LogP contribution is -2.32. The monoisotopic (exact) mass is 396 g/mol. The Hall–Kier alpha value is -2.73. The molecule has 1 amide bonds. The van der Waals surface area contributed by atoms with Crippen molar-refractivity contribution in [2.24, 2.45) is 0 Å². The van der Waals surface area contributed by atoms with Crippen LogP contribution >= 0.6 is 0 Å². The van der Waals surface area contributed by atoms with Gasteiger partial charge in [-0.2, -0.15) is 0 Å². The van der Waals surface area contributed by atoms with Gasteiger partial charge in [0, 0.05) is 18.2 Å². The molecule has 1 saturated heterocycles. The van der Waals surface area contributed by atoms with E-state index >= 15 is 0 Å². The van der Waals surface area contributed by atoms with E-state index in [-0.39, 0.29) is 11.9 Å². The minimum Gasteiger partial charge on any atom is -0.494 e. The van der Waals surface area contributed by atoms with E-state index in [1.807, 2.05) is 37.3 Å². The molecule has 0 saturated carbocycles. The maximum absolute atomic E-state index is 12.6. The van der Waals surface area contributed by atoms with Crippen LogP contribution in [0.25, 0.3) is 0 Å². The highest BCUT2D eigenvalue weighted by molar-refractivity contribution is 5.92. The predicted octanol–water partition coefficient (Wildman–Crippen LogP) is 4.02. The first-order valence-electron chi connectivity index (χ1n) is 10.4. The van der Waals surface area contributed by atoms with E-state index < -0.39 is 0 Å². The summed E-state index contributed by atoms with van der Waals surface area (Å²) < 4.78 is 17.0. The van der Waals surface area contributed by atoms with Gasteiger partial charge in [-0.3, -0.25) is 9.69 Å². The first-order chi connectivity index (χ1) is 14.2. The van der Waals surface area contributed by atoms with Crippen molar-refractivity contribution in [2.75, 3.05) is 38.2 Å². The molecule has 0 unspecified atom stereocenters. The molecule has 2 aromatic rings. The molecule has 0 aromatic heterocycles. The third-order valence-electron chi connectivity index (χ3n) is 5.32. The fraction of sp³-hybridized carbons (Fsp3) is 0.435. The molecule has 6 heteroatoms. The first kappa shape index (κ1) is 19.6. The van der Waals surface area contributed by atoms with Gasteiger partial charge in [0.15, 0.2) is 11.5 Å². The van der Waals surface area contributed by atoms with Gasteiger partial charge >= 0.3 is 0 Å². The van der Waals surface area contributed by atoms with E-state index in [0.29, 0.717) is 26.4 Å². The molecule has 1 fully saturated rings. The number of likely N-dealkylation sites (tertiary alicyclic amines) is 1. The average molecular weight is 396 g/mol. The van der Waals surface area contributed by atoms with Crippen LogP contribution in [0.15, 0.2) is 42.5 Å². The number of nitrogens with zero attached hydrogens (tertiary/aromatic N) is 1. The van der Waals surface area contributed by atoms with Crippen molar-refractivity contribution in [3.05, 3.63) is 48.0 Å². The molecule has 0 spiro atoms. The normalized spacial score (nSPS) is 18.9. The SMILES string of the molecule is CCOc1ccc(NC(=O)CN2CCC[C@H]2c2ccc3c(c2)OCCCO3)cc1. The molecule has 1 N–H and O–H groups in total. The number of anilines is 1. The zero-order valence-corrected chi connectivity index (χ0v) is 16.9. The van der Waals surface area contributed by atoms with Gasteiger partial charge in [-0.05, 0) is 68.3 Å². The highest BCUT2D eigenvalue weighted by Crippen LogP contribution is 2.37. The highest BCUT2D eigenvalue weighted by atomic mass is 16.5. The third kappa shape index (κ3) is 4.82. The topological polar surface area (TPSA) is 60.0 Å². The Labute approximate surface area is 171 Å². The van der Waals surface area contributed by atoms with Crippen LogP contribution in [-0.4, -0.2) is 43.7 Å². The Morgan fingerprint density at radius 1 is 1.10 bits per heavy atom. The maximum Gasteiger partial charge on any atom is 0.238 e. The molecule has 0 radical (unpaired) electrons. The molecular weight excluding hydrogens is 368 g/mol. The van der Waals surface area contributed by atoms with Crippen LogP contribution in [0.3, 0.4) is 0 Å². The molecule has 4 rings (SSSR count). The van der Waals surface area contributed by atoms with Crippen molar-refractivity contribution in [2.45, 2.75) is 32.2 Å². The van der Waals surface area contributed by atoms with Crippen LogP contribution in [0.2, 0.25) is 0 Å². The number of benzene rings is 2. The van der Waals surface area contributed by atoms with E-state index in [4.69, 9.17) is 14.2 Å². The third-order valence-corrected chi connectivity index (χ3v) is 5.32. The Bertz CT molecular complexity index is 837. The number of nitrogens with one attached hydrogen (secondary N) is 1. The van der Waals surface area contributed by atoms with Gasteiger partial charge in [0.2, 0.25) is 5.91 Å². The smallest absolute Gasteiger partial charge is 0.238 e. The molecular formula is C23H28N2O4. The van der Waals surface area contributed by atoms with Crippen LogP contribution in [0.5, 0.6) is 17.2 Å². The number of carbonyl (C=O) groups excluding carboxylic acids is 1. The highest BCUT2D eigenvalue weighted by Gasteiger charge is 2.28. The van der Waals surface area contributed by atoms with Crippen molar-refractivity contribution in [3.8, 4) is 17.2 Å². The fourth-order valence-electron chi connectivity index (χ4n) is 3.97. The summed E-state index contributed by atoms with van der Waals surface area (Å²) in [6.07, 6.45) is 3.01. The largest absolute Gasteiger partial charge is 0.494 e. The summed E-state index contributed by atoms with van der Waals surface area (Å²) in [4.78, 5) is 14.8. The summed E-state index contributed by atoms with van der Waals surface area (Å²) in [5, 5.41) is 2.99. The lowest BCUT2D eigenvalue weighted by Gasteiger charge is -2.25.